The molecule has 0 N–H and O–H groups in total. The Labute approximate surface area is 96.5 Å². The number of benzene rings is 1. The molecule has 0 saturated carbocycles. The Morgan fingerprint density at radius 2 is 1.88 bits per heavy atom. The lowest BCUT2D eigenvalue weighted by molar-refractivity contribution is 0.410. The molecule has 84 valence electrons. The number of rotatable bonds is 1. The van der Waals surface area contributed by atoms with Crippen LogP contribution in [0.25, 0.3) is 11.1 Å². The Morgan fingerprint density at radius 3 is 2.62 bits per heavy atom. The minimum atomic E-state index is 0.749. The molecule has 1 aromatic carbocycles. The Hall–Kier alpha value is -1.12. The minimum Gasteiger partial charge on any atom is -0.423 e. The molecule has 0 aliphatic carbocycles. The number of piperazine rings is 1. The highest BCUT2D eigenvalue weighted by atomic mass is 31.0. The van der Waals surface area contributed by atoms with Crippen LogP contribution in [0.4, 0.5) is 6.01 Å². The Kier molecular flexibility index (Phi) is 2.54. The van der Waals surface area contributed by atoms with E-state index in [-0.39, 0.29) is 0 Å². The van der Waals surface area contributed by atoms with Crippen LogP contribution in [-0.4, -0.2) is 35.8 Å². The van der Waals surface area contributed by atoms with E-state index in [1.54, 1.807) is 0 Å². The van der Waals surface area contributed by atoms with Gasteiger partial charge in [-0.05, 0) is 12.1 Å². The fourth-order valence-corrected chi connectivity index (χ4v) is 2.14. The van der Waals surface area contributed by atoms with Crippen molar-refractivity contribution in [2.45, 2.75) is 0 Å². The largest absolute Gasteiger partial charge is 0.423 e. The molecule has 0 radical (unpaired) electrons. The van der Waals surface area contributed by atoms with Crippen molar-refractivity contribution in [3.05, 3.63) is 24.3 Å². The molecule has 16 heavy (non-hydrogen) atoms. The van der Waals surface area contributed by atoms with Gasteiger partial charge in [-0.25, -0.2) is 0 Å². The number of aromatic nitrogens is 1. The summed E-state index contributed by atoms with van der Waals surface area (Å²) in [4.78, 5) is 6.69. The molecule has 1 atom stereocenters. The maximum absolute atomic E-state index is 5.73. The van der Waals surface area contributed by atoms with Gasteiger partial charge in [0.2, 0.25) is 0 Å². The standard InChI is InChI=1S/C11H14N3OP/c16-14-7-5-13(6-8-14)11-12-9-3-1-2-4-10(9)15-11/h1-4H,5-8,16H2. The maximum Gasteiger partial charge on any atom is 0.298 e. The van der Waals surface area contributed by atoms with Crippen LogP contribution < -0.4 is 4.90 Å². The maximum atomic E-state index is 5.73. The van der Waals surface area contributed by atoms with E-state index in [4.69, 9.17) is 4.42 Å². The number of anilines is 1. The predicted molar refractivity (Wildman–Crippen MR) is 67.5 cm³/mol. The van der Waals surface area contributed by atoms with Crippen molar-refractivity contribution in [1.82, 2.24) is 9.65 Å². The molecule has 1 aliphatic rings. The van der Waals surface area contributed by atoms with Crippen molar-refractivity contribution < 1.29 is 4.42 Å². The van der Waals surface area contributed by atoms with Crippen LogP contribution in [0.15, 0.2) is 28.7 Å². The van der Waals surface area contributed by atoms with Crippen LogP contribution >= 0.6 is 9.39 Å². The molecule has 3 rings (SSSR count). The van der Waals surface area contributed by atoms with Crippen LogP contribution in [0.5, 0.6) is 0 Å². The molecule has 1 saturated heterocycles. The molecule has 1 aliphatic heterocycles. The zero-order chi connectivity index (χ0) is 11.0. The lowest BCUT2D eigenvalue weighted by Gasteiger charge is -2.30. The van der Waals surface area contributed by atoms with E-state index in [1.165, 1.54) is 0 Å². The quantitative estimate of drug-likeness (QED) is 0.705. The number of hydrogen-bond donors (Lipinski definition) is 0. The van der Waals surface area contributed by atoms with Crippen LogP contribution in [0, 0.1) is 0 Å². The third kappa shape index (κ3) is 1.79. The Bertz CT molecular complexity index is 458. The molecule has 1 unspecified atom stereocenters. The zero-order valence-corrected chi connectivity index (χ0v) is 10.1. The highest BCUT2D eigenvalue weighted by Gasteiger charge is 2.18. The number of para-hydroxylation sites is 2. The van der Waals surface area contributed by atoms with Crippen molar-refractivity contribution in [1.29, 1.82) is 0 Å². The van der Waals surface area contributed by atoms with Gasteiger partial charge in [0.15, 0.2) is 5.58 Å². The Balaban J connectivity index is 1.88. The van der Waals surface area contributed by atoms with Crippen molar-refractivity contribution in [3.8, 4) is 0 Å². The molecular formula is C11H14N3OP. The normalized spacial score (nSPS) is 18.2. The third-order valence-electron chi connectivity index (χ3n) is 2.87. The highest BCUT2D eigenvalue weighted by Crippen LogP contribution is 2.22. The fraction of sp³-hybridized carbons (Fsp3) is 0.364. The van der Waals surface area contributed by atoms with Gasteiger partial charge in [0.25, 0.3) is 6.01 Å². The third-order valence-corrected chi connectivity index (χ3v) is 3.38. The second kappa shape index (κ2) is 4.04. The lowest BCUT2D eigenvalue weighted by atomic mass is 10.3. The van der Waals surface area contributed by atoms with E-state index < -0.39 is 0 Å². The first-order chi connectivity index (χ1) is 7.83. The average molecular weight is 235 g/mol. The zero-order valence-electron chi connectivity index (χ0n) is 8.97. The van der Waals surface area contributed by atoms with Gasteiger partial charge >= 0.3 is 0 Å². The first-order valence-electron chi connectivity index (χ1n) is 5.43. The Morgan fingerprint density at radius 1 is 1.12 bits per heavy atom. The second-order valence-corrected chi connectivity index (χ2v) is 4.72. The second-order valence-electron chi connectivity index (χ2n) is 3.99. The minimum absolute atomic E-state index is 0.749. The first kappa shape index (κ1) is 10.1. The smallest absolute Gasteiger partial charge is 0.298 e. The van der Waals surface area contributed by atoms with Gasteiger partial charge in [-0.1, -0.05) is 21.5 Å². The number of oxazole rings is 1. The monoisotopic (exact) mass is 235 g/mol. The summed E-state index contributed by atoms with van der Waals surface area (Å²) in [5.41, 5.74) is 1.80. The van der Waals surface area contributed by atoms with Crippen molar-refractivity contribution in [2.24, 2.45) is 0 Å². The molecule has 0 amide bonds. The summed E-state index contributed by atoms with van der Waals surface area (Å²) in [5.74, 6) is 0. The van der Waals surface area contributed by atoms with Gasteiger partial charge in [-0.3, -0.25) is 4.67 Å². The lowest BCUT2D eigenvalue weighted by Crippen LogP contribution is -2.42. The van der Waals surface area contributed by atoms with Crippen LogP contribution in [0.2, 0.25) is 0 Å². The summed E-state index contributed by atoms with van der Waals surface area (Å²) in [5, 5.41) is 0. The van der Waals surface area contributed by atoms with Gasteiger partial charge in [0, 0.05) is 26.2 Å². The summed E-state index contributed by atoms with van der Waals surface area (Å²) in [6.07, 6.45) is 0. The number of hydrogen-bond acceptors (Lipinski definition) is 4. The van der Waals surface area contributed by atoms with Gasteiger partial charge in [-0.2, -0.15) is 4.98 Å². The topological polar surface area (TPSA) is 32.5 Å². The number of fused-ring (bicyclic) bond motifs is 1. The summed E-state index contributed by atoms with van der Waals surface area (Å²) in [7, 11) is 2.74. The van der Waals surface area contributed by atoms with Gasteiger partial charge < -0.3 is 9.32 Å². The predicted octanol–water partition coefficient (Wildman–Crippen LogP) is 1.74. The summed E-state index contributed by atoms with van der Waals surface area (Å²) < 4.78 is 7.97. The highest BCUT2D eigenvalue weighted by molar-refractivity contribution is 7.13. The molecule has 5 heteroatoms. The van der Waals surface area contributed by atoms with Crippen molar-refractivity contribution in [3.63, 3.8) is 0 Å². The molecular weight excluding hydrogens is 221 g/mol. The van der Waals surface area contributed by atoms with E-state index in [9.17, 15) is 0 Å². The van der Waals surface area contributed by atoms with E-state index in [0.717, 1.165) is 43.3 Å². The molecule has 1 fully saturated rings. The van der Waals surface area contributed by atoms with Crippen LogP contribution in [0.3, 0.4) is 0 Å². The summed E-state index contributed by atoms with van der Waals surface area (Å²) >= 11 is 0. The molecule has 1 aromatic heterocycles. The van der Waals surface area contributed by atoms with Gasteiger partial charge in [0.1, 0.15) is 5.52 Å². The van der Waals surface area contributed by atoms with Gasteiger partial charge in [0.05, 0.1) is 0 Å². The first-order valence-corrected chi connectivity index (χ1v) is 5.95. The molecule has 2 aromatic rings. The van der Waals surface area contributed by atoms with E-state index in [2.05, 4.69) is 23.9 Å². The average Bonchev–Trinajstić information content (AvgIpc) is 2.73. The SMILES string of the molecule is PN1CCN(c2nc3ccccc3o2)CC1. The molecule has 0 bridgehead atoms. The molecule has 2 heterocycles. The molecule has 0 spiro atoms. The summed E-state index contributed by atoms with van der Waals surface area (Å²) in [6.45, 7) is 4.00. The van der Waals surface area contributed by atoms with E-state index in [0.29, 0.717) is 0 Å². The van der Waals surface area contributed by atoms with Crippen molar-refractivity contribution in [2.75, 3.05) is 31.1 Å². The van der Waals surface area contributed by atoms with Crippen LogP contribution in [-0.2, 0) is 0 Å². The molecule has 4 nitrogen and oxygen atoms in total. The van der Waals surface area contributed by atoms with E-state index >= 15 is 0 Å². The summed E-state index contributed by atoms with van der Waals surface area (Å²) in [6, 6.07) is 8.64. The van der Waals surface area contributed by atoms with Gasteiger partial charge in [-0.15, -0.1) is 0 Å². The van der Waals surface area contributed by atoms with Crippen LogP contribution in [0.1, 0.15) is 0 Å². The fourth-order valence-electron chi connectivity index (χ4n) is 1.91. The van der Waals surface area contributed by atoms with Crippen molar-refractivity contribution >= 4 is 26.5 Å². The number of nitrogens with zero attached hydrogens (tertiary/aromatic N) is 3. The van der Waals surface area contributed by atoms with E-state index in [1.807, 2.05) is 24.3 Å².